The number of aliphatic carboxylic acids is 1. The normalized spacial score (nSPS) is 10.6. The van der Waals surface area contributed by atoms with Gasteiger partial charge in [0.25, 0.3) is 0 Å². The first-order valence-corrected chi connectivity index (χ1v) is 2.36. The van der Waals surface area contributed by atoms with Crippen molar-refractivity contribution in [1.29, 1.82) is 0 Å². The molecule has 3 nitrogen and oxygen atoms in total. The van der Waals surface area contributed by atoms with E-state index in [1.807, 2.05) is 0 Å². The number of carboxylic acid groups (broad SMARTS) is 1. The molecule has 1 N–H and O–H groups in total. The molecule has 9 heavy (non-hydrogen) atoms. The van der Waals surface area contributed by atoms with Gasteiger partial charge in [-0.3, -0.25) is 0 Å². The van der Waals surface area contributed by atoms with Gasteiger partial charge in [-0.25, -0.2) is 4.79 Å². The molecule has 0 atom stereocenters. The highest BCUT2D eigenvalue weighted by Crippen LogP contribution is 1.96. The quantitative estimate of drug-likeness (QED) is 0.373. The lowest BCUT2D eigenvalue weighted by molar-refractivity contribution is -0.132. The maximum absolute atomic E-state index is 10.0. The predicted molar refractivity (Wildman–Crippen MR) is 32.9 cm³/mol. The minimum atomic E-state index is -1.12. The summed E-state index contributed by atoms with van der Waals surface area (Å²) in [5, 5.41) is 8.23. The number of hydrogen-bond donors (Lipinski definition) is 1. The molecule has 0 aromatic carbocycles. The van der Waals surface area contributed by atoms with Gasteiger partial charge in [0.15, 0.2) is 0 Å². The Morgan fingerprint density at radius 2 is 2.33 bits per heavy atom. The third-order valence-electron chi connectivity index (χ3n) is 0.638. The molecule has 0 aromatic heterocycles. The summed E-state index contributed by atoms with van der Waals surface area (Å²) < 4.78 is 3.91. The smallest absolute Gasteiger partial charge is 0.338 e. The molecule has 0 heterocycles. The molecule has 0 aliphatic carbocycles. The average molecular weight is 149 g/mol. The van der Waals surface area contributed by atoms with Crippen molar-refractivity contribution in [2.24, 2.45) is 0 Å². The molecule has 50 valence electrons. The maximum Gasteiger partial charge on any atom is 0.338 e. The maximum atomic E-state index is 10.0. The van der Waals surface area contributed by atoms with Gasteiger partial charge in [0.05, 0.1) is 5.57 Å². The van der Waals surface area contributed by atoms with Crippen LogP contribution in [0.15, 0.2) is 24.5 Å². The lowest BCUT2D eigenvalue weighted by Crippen LogP contribution is -1.96. The van der Waals surface area contributed by atoms with Crippen LogP contribution in [0.2, 0.25) is 0 Å². The summed E-state index contributed by atoms with van der Waals surface area (Å²) in [5.74, 6) is -1.12. The Labute approximate surface area is 57.4 Å². The number of rotatable bonds is 3. The van der Waals surface area contributed by atoms with E-state index >= 15 is 0 Å². The summed E-state index contributed by atoms with van der Waals surface area (Å²) in [5.41, 5.74) is -0.0787. The zero-order valence-electron chi connectivity index (χ0n) is 4.50. The molecule has 0 bridgehead atoms. The molecule has 0 aromatic rings. The van der Waals surface area contributed by atoms with Crippen molar-refractivity contribution in [3.63, 3.8) is 0 Å². The van der Waals surface area contributed by atoms with Crippen LogP contribution >= 0.6 is 11.9 Å². The van der Waals surface area contributed by atoms with Crippen molar-refractivity contribution in [2.75, 3.05) is 0 Å². The van der Waals surface area contributed by atoms with Gasteiger partial charge in [0.1, 0.15) is 18.1 Å². The van der Waals surface area contributed by atoms with Gasteiger partial charge in [-0.05, 0) is 0 Å². The largest absolute Gasteiger partial charge is 0.478 e. The molecule has 0 fully saturated rings. The Kier molecular flexibility index (Phi) is 3.55. The first-order chi connectivity index (χ1) is 4.22. The van der Waals surface area contributed by atoms with Crippen LogP contribution in [0.4, 0.5) is 0 Å². The van der Waals surface area contributed by atoms with E-state index in [1.54, 1.807) is 0 Å². The van der Waals surface area contributed by atoms with E-state index in [2.05, 4.69) is 10.9 Å². The van der Waals surface area contributed by atoms with E-state index in [0.29, 0.717) is 0 Å². The fourth-order valence-corrected chi connectivity index (χ4v) is 0.330. The van der Waals surface area contributed by atoms with Gasteiger partial charge >= 0.3 is 5.97 Å². The van der Waals surface area contributed by atoms with Crippen molar-refractivity contribution >= 4 is 17.8 Å². The number of hydrogen-bond acceptors (Lipinski definition) is 2. The van der Waals surface area contributed by atoms with Crippen LogP contribution in [0.25, 0.3) is 0 Å². The standard InChI is InChI=1S/C5H5ClO3/c1-2-4(3-9-6)5(7)8/h2-3H,1H2,(H,7,8). The van der Waals surface area contributed by atoms with Gasteiger partial charge in [-0.1, -0.05) is 12.7 Å². The zero-order chi connectivity index (χ0) is 7.28. The lowest BCUT2D eigenvalue weighted by atomic mass is 10.3. The second kappa shape index (κ2) is 3.97. The zero-order valence-corrected chi connectivity index (χ0v) is 5.26. The topological polar surface area (TPSA) is 46.5 Å². The van der Waals surface area contributed by atoms with Crippen LogP contribution in [-0.4, -0.2) is 11.1 Å². The summed E-state index contributed by atoms with van der Waals surface area (Å²) in [4.78, 5) is 10.0. The Bertz CT molecular complexity index is 150. The van der Waals surface area contributed by atoms with E-state index in [1.165, 1.54) is 0 Å². The third-order valence-corrected chi connectivity index (χ3v) is 0.727. The van der Waals surface area contributed by atoms with Gasteiger partial charge in [-0.2, -0.15) is 0 Å². The minimum Gasteiger partial charge on any atom is -0.478 e. The van der Waals surface area contributed by atoms with E-state index in [9.17, 15) is 4.79 Å². The molecule has 0 amide bonds. The van der Waals surface area contributed by atoms with Gasteiger partial charge < -0.3 is 9.40 Å². The van der Waals surface area contributed by atoms with Crippen molar-refractivity contribution in [3.05, 3.63) is 24.5 Å². The Balaban J connectivity index is 4.14. The SMILES string of the molecule is C=CC(=COCl)C(=O)O. The Morgan fingerprint density at radius 1 is 1.78 bits per heavy atom. The second-order valence-electron chi connectivity index (χ2n) is 1.17. The van der Waals surface area contributed by atoms with E-state index in [4.69, 9.17) is 17.0 Å². The van der Waals surface area contributed by atoms with Crippen LogP contribution in [-0.2, 0) is 9.08 Å². The molecular formula is C5H5ClO3. The fourth-order valence-electron chi connectivity index (χ4n) is 0.234. The van der Waals surface area contributed by atoms with Gasteiger partial charge in [0, 0.05) is 0 Å². The molecule has 0 saturated heterocycles. The minimum absolute atomic E-state index is 0.0787. The van der Waals surface area contributed by atoms with Crippen LogP contribution in [0.5, 0.6) is 0 Å². The predicted octanol–water partition coefficient (Wildman–Crippen LogP) is 1.31. The molecule has 0 radical (unpaired) electrons. The summed E-state index contributed by atoms with van der Waals surface area (Å²) in [6, 6.07) is 0. The second-order valence-corrected chi connectivity index (χ2v) is 1.35. The molecule has 0 spiro atoms. The molecule has 0 unspecified atom stereocenters. The number of carboxylic acids is 1. The lowest BCUT2D eigenvalue weighted by Gasteiger charge is -1.88. The molecule has 0 saturated carbocycles. The Morgan fingerprint density at radius 3 is 2.44 bits per heavy atom. The van der Waals surface area contributed by atoms with Crippen molar-refractivity contribution in [1.82, 2.24) is 0 Å². The van der Waals surface area contributed by atoms with Crippen LogP contribution in [0.3, 0.4) is 0 Å². The molecule has 4 heteroatoms. The van der Waals surface area contributed by atoms with E-state index < -0.39 is 5.97 Å². The summed E-state index contributed by atoms with van der Waals surface area (Å²) in [7, 11) is 0. The van der Waals surface area contributed by atoms with Crippen molar-refractivity contribution < 1.29 is 14.2 Å². The Hall–Kier alpha value is -0.960. The van der Waals surface area contributed by atoms with Crippen molar-refractivity contribution in [2.45, 2.75) is 0 Å². The van der Waals surface area contributed by atoms with Crippen LogP contribution in [0.1, 0.15) is 0 Å². The molecule has 0 aliphatic heterocycles. The molecule has 0 aliphatic rings. The van der Waals surface area contributed by atoms with Gasteiger partial charge in [0.2, 0.25) is 0 Å². The fraction of sp³-hybridized carbons (Fsp3) is 0. The number of carbonyl (C=O) groups is 1. The van der Waals surface area contributed by atoms with Crippen LogP contribution in [0, 0.1) is 0 Å². The number of halogens is 1. The highest BCUT2D eigenvalue weighted by molar-refractivity contribution is 6.08. The van der Waals surface area contributed by atoms with E-state index in [-0.39, 0.29) is 5.57 Å². The average Bonchev–Trinajstić information content (AvgIpc) is 1.82. The summed E-state index contributed by atoms with van der Waals surface area (Å²) >= 11 is 4.73. The first-order valence-electron chi connectivity index (χ1n) is 2.05. The summed E-state index contributed by atoms with van der Waals surface area (Å²) in [6.45, 7) is 3.21. The van der Waals surface area contributed by atoms with Crippen molar-refractivity contribution in [3.8, 4) is 0 Å². The van der Waals surface area contributed by atoms with Crippen LogP contribution < -0.4 is 0 Å². The van der Waals surface area contributed by atoms with Gasteiger partial charge in [-0.15, -0.1) is 0 Å². The monoisotopic (exact) mass is 148 g/mol. The molecule has 0 rings (SSSR count). The third kappa shape index (κ3) is 2.77. The van der Waals surface area contributed by atoms with E-state index in [0.717, 1.165) is 12.3 Å². The highest BCUT2D eigenvalue weighted by Gasteiger charge is 2.00. The summed E-state index contributed by atoms with van der Waals surface area (Å²) in [6.07, 6.45) is 2.02. The molecular weight excluding hydrogens is 144 g/mol. The first kappa shape index (κ1) is 8.04. The highest BCUT2D eigenvalue weighted by atomic mass is 35.5.